The van der Waals surface area contributed by atoms with Crippen molar-refractivity contribution in [3.8, 4) is 11.5 Å². The Morgan fingerprint density at radius 3 is 2.32 bits per heavy atom. The molecule has 0 aromatic heterocycles. The molecule has 0 aliphatic heterocycles. The molecule has 0 amide bonds. The van der Waals surface area contributed by atoms with E-state index in [4.69, 9.17) is 0 Å². The molecular weight excluding hydrogens is 304 g/mol. The number of phenolic OH excluding ortho intramolecular Hbond substituents is 2. The van der Waals surface area contributed by atoms with Crippen molar-refractivity contribution in [3.63, 3.8) is 0 Å². The van der Waals surface area contributed by atoms with Crippen LogP contribution in [0.25, 0.3) is 0 Å². The molecule has 7 heteroatoms. The summed E-state index contributed by atoms with van der Waals surface area (Å²) in [4.78, 5) is -0.282. The maximum atomic E-state index is 12.2. The van der Waals surface area contributed by atoms with Crippen LogP contribution in [0, 0.1) is 0 Å². The zero-order chi connectivity index (χ0) is 16.6. The summed E-state index contributed by atoms with van der Waals surface area (Å²) in [7, 11) is -3.83. The lowest BCUT2D eigenvalue weighted by atomic mass is 10.2. The van der Waals surface area contributed by atoms with Gasteiger partial charge >= 0.3 is 0 Å². The van der Waals surface area contributed by atoms with Crippen LogP contribution in [0.4, 0.5) is 0 Å². The first-order chi connectivity index (χ1) is 10.4. The van der Waals surface area contributed by atoms with Crippen LogP contribution in [-0.2, 0) is 16.6 Å². The predicted octanol–water partition coefficient (Wildman–Crippen LogP) is 2.07. The minimum atomic E-state index is -3.83. The summed E-state index contributed by atoms with van der Waals surface area (Å²) in [6, 6.07) is 2.77. The number of hydrogen-bond donors (Lipinski definition) is 4. The van der Waals surface area contributed by atoms with E-state index >= 15 is 0 Å². The van der Waals surface area contributed by atoms with Crippen LogP contribution in [0.15, 0.2) is 17.0 Å². The molecule has 0 spiro atoms. The maximum absolute atomic E-state index is 12.2. The fourth-order valence-electron chi connectivity index (χ4n) is 1.95. The summed E-state index contributed by atoms with van der Waals surface area (Å²) in [5.74, 6) is -1.04. The van der Waals surface area contributed by atoms with Gasteiger partial charge in [0.05, 0.1) is 0 Å². The molecule has 0 radical (unpaired) electrons. The third kappa shape index (κ3) is 5.47. The van der Waals surface area contributed by atoms with Gasteiger partial charge in [-0.2, -0.15) is 0 Å². The van der Waals surface area contributed by atoms with Crippen molar-refractivity contribution in [3.05, 3.63) is 17.7 Å². The molecule has 0 saturated heterocycles. The van der Waals surface area contributed by atoms with Crippen LogP contribution in [-0.4, -0.2) is 31.7 Å². The average Bonchev–Trinajstić information content (AvgIpc) is 2.47. The Morgan fingerprint density at radius 1 is 1.05 bits per heavy atom. The van der Waals surface area contributed by atoms with E-state index in [-0.39, 0.29) is 4.90 Å². The SMILES string of the molecule is CCCCNCc1cc(O)c(O)c(S(=O)(=O)NCCCC)c1. The first-order valence-corrected chi connectivity index (χ1v) is 9.16. The van der Waals surface area contributed by atoms with Gasteiger partial charge in [0.1, 0.15) is 4.90 Å². The van der Waals surface area contributed by atoms with Gasteiger partial charge in [0.25, 0.3) is 0 Å². The van der Waals surface area contributed by atoms with Gasteiger partial charge < -0.3 is 15.5 Å². The number of benzene rings is 1. The highest BCUT2D eigenvalue weighted by Crippen LogP contribution is 2.33. The van der Waals surface area contributed by atoms with Crippen molar-refractivity contribution in [1.29, 1.82) is 0 Å². The van der Waals surface area contributed by atoms with Crippen LogP contribution in [0.3, 0.4) is 0 Å². The number of nitrogens with one attached hydrogen (secondary N) is 2. The Morgan fingerprint density at radius 2 is 1.68 bits per heavy atom. The van der Waals surface area contributed by atoms with Crippen molar-refractivity contribution in [2.75, 3.05) is 13.1 Å². The van der Waals surface area contributed by atoms with E-state index in [1.54, 1.807) is 0 Å². The monoisotopic (exact) mass is 330 g/mol. The molecule has 22 heavy (non-hydrogen) atoms. The zero-order valence-electron chi connectivity index (χ0n) is 13.2. The van der Waals surface area contributed by atoms with Crippen molar-refractivity contribution in [2.45, 2.75) is 51.0 Å². The van der Waals surface area contributed by atoms with Crippen molar-refractivity contribution in [1.82, 2.24) is 10.0 Å². The lowest BCUT2D eigenvalue weighted by Crippen LogP contribution is -2.25. The van der Waals surface area contributed by atoms with Crippen LogP contribution in [0.1, 0.15) is 45.1 Å². The minimum Gasteiger partial charge on any atom is -0.504 e. The van der Waals surface area contributed by atoms with Crippen LogP contribution < -0.4 is 10.0 Å². The second kappa shape index (κ2) is 8.97. The Balaban J connectivity index is 2.91. The van der Waals surface area contributed by atoms with Crippen LogP contribution >= 0.6 is 0 Å². The van der Waals surface area contributed by atoms with E-state index in [0.29, 0.717) is 25.1 Å². The van der Waals surface area contributed by atoms with Gasteiger partial charge in [-0.3, -0.25) is 0 Å². The third-order valence-electron chi connectivity index (χ3n) is 3.26. The highest BCUT2D eigenvalue weighted by Gasteiger charge is 2.21. The van der Waals surface area contributed by atoms with Gasteiger partial charge in [0, 0.05) is 13.1 Å². The van der Waals surface area contributed by atoms with Crippen LogP contribution in [0.5, 0.6) is 11.5 Å². The first-order valence-electron chi connectivity index (χ1n) is 7.67. The second-order valence-electron chi connectivity index (χ2n) is 5.24. The summed E-state index contributed by atoms with van der Waals surface area (Å²) < 4.78 is 26.8. The smallest absolute Gasteiger partial charge is 0.244 e. The topological polar surface area (TPSA) is 98.7 Å². The standard InChI is InChI=1S/C15H26N2O4S/c1-3-5-7-16-11-12-9-13(18)15(19)14(10-12)22(20,21)17-8-6-4-2/h9-10,16-19H,3-8,11H2,1-2H3. The quantitative estimate of drug-likeness (QED) is 0.389. The molecule has 0 aliphatic carbocycles. The molecule has 0 fully saturated rings. The van der Waals surface area contributed by atoms with Crippen molar-refractivity contribution in [2.24, 2.45) is 0 Å². The Labute approximate surface area is 132 Å². The summed E-state index contributed by atoms with van der Waals surface area (Å²) >= 11 is 0. The third-order valence-corrected chi connectivity index (χ3v) is 4.74. The summed E-state index contributed by atoms with van der Waals surface area (Å²) in [6.07, 6.45) is 3.66. The van der Waals surface area contributed by atoms with Gasteiger partial charge in [-0.1, -0.05) is 26.7 Å². The molecule has 1 rings (SSSR count). The maximum Gasteiger partial charge on any atom is 0.244 e. The number of sulfonamides is 1. The van der Waals surface area contributed by atoms with E-state index in [2.05, 4.69) is 17.0 Å². The molecule has 6 nitrogen and oxygen atoms in total. The second-order valence-corrected chi connectivity index (χ2v) is 6.98. The molecule has 126 valence electrons. The fourth-order valence-corrected chi connectivity index (χ4v) is 3.19. The molecule has 0 saturated carbocycles. The highest BCUT2D eigenvalue weighted by atomic mass is 32.2. The van der Waals surface area contributed by atoms with Gasteiger partial charge in [0.15, 0.2) is 11.5 Å². The van der Waals surface area contributed by atoms with Gasteiger partial charge in [-0.05, 0) is 37.1 Å². The molecule has 0 heterocycles. The van der Waals surface area contributed by atoms with Gasteiger partial charge in [-0.15, -0.1) is 0 Å². The van der Waals surface area contributed by atoms with Crippen molar-refractivity contribution >= 4 is 10.0 Å². The van der Waals surface area contributed by atoms with E-state index < -0.39 is 21.5 Å². The lowest BCUT2D eigenvalue weighted by molar-refractivity contribution is 0.391. The Kier molecular flexibility index (Phi) is 7.64. The van der Waals surface area contributed by atoms with E-state index in [1.807, 2.05) is 6.92 Å². The fraction of sp³-hybridized carbons (Fsp3) is 0.600. The highest BCUT2D eigenvalue weighted by molar-refractivity contribution is 7.89. The zero-order valence-corrected chi connectivity index (χ0v) is 14.0. The molecule has 0 aliphatic rings. The summed E-state index contributed by atoms with van der Waals surface area (Å²) in [6.45, 7) is 5.60. The van der Waals surface area contributed by atoms with E-state index in [1.165, 1.54) is 12.1 Å². The van der Waals surface area contributed by atoms with Crippen LogP contribution in [0.2, 0.25) is 0 Å². The Hall–Kier alpha value is -1.31. The average molecular weight is 330 g/mol. The lowest BCUT2D eigenvalue weighted by Gasteiger charge is -2.12. The first kappa shape index (κ1) is 18.7. The molecule has 0 atom stereocenters. The van der Waals surface area contributed by atoms with Gasteiger partial charge in [-0.25, -0.2) is 13.1 Å². The summed E-state index contributed by atoms with van der Waals surface area (Å²) in [5.41, 5.74) is 0.613. The predicted molar refractivity (Wildman–Crippen MR) is 86.5 cm³/mol. The molecule has 1 aromatic carbocycles. The number of unbranched alkanes of at least 4 members (excludes halogenated alkanes) is 2. The molecule has 1 aromatic rings. The molecular formula is C15H26N2O4S. The number of aromatic hydroxyl groups is 2. The van der Waals surface area contributed by atoms with Gasteiger partial charge in [0.2, 0.25) is 10.0 Å². The number of hydrogen-bond acceptors (Lipinski definition) is 5. The molecule has 4 N–H and O–H groups in total. The number of rotatable bonds is 10. The molecule has 0 unspecified atom stereocenters. The largest absolute Gasteiger partial charge is 0.504 e. The number of phenols is 2. The Bertz CT molecular complexity index is 573. The minimum absolute atomic E-state index is 0.282. The van der Waals surface area contributed by atoms with Crippen molar-refractivity contribution < 1.29 is 18.6 Å². The van der Waals surface area contributed by atoms with E-state index in [0.717, 1.165) is 25.8 Å². The summed E-state index contributed by atoms with van der Waals surface area (Å²) in [5, 5.41) is 22.8. The molecule has 0 bridgehead atoms. The van der Waals surface area contributed by atoms with E-state index in [9.17, 15) is 18.6 Å². The normalized spacial score (nSPS) is 11.7.